The molecule has 3 aromatic rings. The molecule has 0 amide bonds. The fraction of sp³-hybridized carbons (Fsp3) is 0.0714. The molecule has 0 spiro atoms. The van der Waals surface area contributed by atoms with Gasteiger partial charge in [-0.25, -0.2) is 4.98 Å². The molecule has 0 aliphatic carbocycles. The van der Waals surface area contributed by atoms with E-state index >= 15 is 0 Å². The average molecular weight is 428 g/mol. The number of fused-ring (bicyclic) bond motifs is 1. The average Bonchev–Trinajstić information content (AvgIpc) is 2.89. The fourth-order valence-electron chi connectivity index (χ4n) is 1.94. The molecule has 106 valence electrons. The van der Waals surface area contributed by atoms with Gasteiger partial charge in [0.2, 0.25) is 0 Å². The molecule has 0 radical (unpaired) electrons. The molecule has 7 heteroatoms. The molecule has 0 unspecified atom stereocenters. The van der Waals surface area contributed by atoms with Crippen LogP contribution in [0.4, 0.5) is 0 Å². The second kappa shape index (κ2) is 5.82. The summed E-state index contributed by atoms with van der Waals surface area (Å²) in [7, 11) is 0. The normalized spacial score (nSPS) is 11.0. The lowest BCUT2D eigenvalue weighted by molar-refractivity contribution is 0.0974. The molecule has 0 bridgehead atoms. The number of carbonyl (C=O) groups excluding carboxylic acids is 1. The van der Waals surface area contributed by atoms with Crippen molar-refractivity contribution in [1.82, 2.24) is 9.55 Å². The van der Waals surface area contributed by atoms with Gasteiger partial charge >= 0.3 is 0 Å². The summed E-state index contributed by atoms with van der Waals surface area (Å²) >= 11 is 8.01. The van der Waals surface area contributed by atoms with Crippen LogP contribution in [0.25, 0.3) is 10.9 Å². The summed E-state index contributed by atoms with van der Waals surface area (Å²) in [6.07, 6.45) is 1.42. The van der Waals surface area contributed by atoms with Gasteiger partial charge < -0.3 is 0 Å². The van der Waals surface area contributed by atoms with Gasteiger partial charge in [-0.2, -0.15) is 0 Å². The summed E-state index contributed by atoms with van der Waals surface area (Å²) in [4.78, 5) is 29.4. The lowest BCUT2D eigenvalue weighted by Crippen LogP contribution is -2.24. The number of benzene rings is 1. The summed E-state index contributed by atoms with van der Waals surface area (Å²) in [6.45, 7) is -0.0127. The van der Waals surface area contributed by atoms with E-state index in [2.05, 4.69) is 36.8 Å². The van der Waals surface area contributed by atoms with E-state index in [1.54, 1.807) is 18.2 Å². The van der Waals surface area contributed by atoms with Crippen molar-refractivity contribution in [2.75, 3.05) is 0 Å². The van der Waals surface area contributed by atoms with Crippen LogP contribution in [0.5, 0.6) is 0 Å². The van der Waals surface area contributed by atoms with E-state index in [1.807, 2.05) is 12.1 Å². The van der Waals surface area contributed by atoms with Crippen LogP contribution in [0.1, 0.15) is 9.67 Å². The van der Waals surface area contributed by atoms with Crippen molar-refractivity contribution < 1.29 is 4.79 Å². The van der Waals surface area contributed by atoms with Crippen molar-refractivity contribution in [3.05, 3.63) is 60.1 Å². The highest BCUT2D eigenvalue weighted by atomic mass is 79.9. The molecule has 21 heavy (non-hydrogen) atoms. The highest BCUT2D eigenvalue weighted by Gasteiger charge is 2.12. The Labute approximate surface area is 140 Å². The third-order valence-corrected chi connectivity index (χ3v) is 5.11. The Bertz CT molecular complexity index is 901. The third-order valence-electron chi connectivity index (χ3n) is 2.95. The van der Waals surface area contributed by atoms with Gasteiger partial charge in [-0.15, -0.1) is 11.3 Å². The molecule has 2 aromatic heterocycles. The Morgan fingerprint density at radius 3 is 2.76 bits per heavy atom. The third kappa shape index (κ3) is 3.00. The predicted molar refractivity (Wildman–Crippen MR) is 90.1 cm³/mol. The molecule has 0 fully saturated rings. The summed E-state index contributed by atoms with van der Waals surface area (Å²) in [6, 6.07) is 8.87. The second-order valence-electron chi connectivity index (χ2n) is 4.37. The Hall–Kier alpha value is -1.31. The van der Waals surface area contributed by atoms with Gasteiger partial charge in [-0.3, -0.25) is 14.2 Å². The summed E-state index contributed by atoms with van der Waals surface area (Å²) in [5.41, 5.74) is 0.399. The molecule has 0 saturated carbocycles. The number of rotatable bonds is 3. The number of ketones is 1. The molecule has 0 saturated heterocycles. The van der Waals surface area contributed by atoms with Gasteiger partial charge in [-0.05, 0) is 46.3 Å². The van der Waals surface area contributed by atoms with Crippen molar-refractivity contribution in [3.63, 3.8) is 0 Å². The first-order chi connectivity index (χ1) is 10.0. The van der Waals surface area contributed by atoms with Crippen LogP contribution in [-0.2, 0) is 6.54 Å². The first-order valence-electron chi connectivity index (χ1n) is 5.98. The van der Waals surface area contributed by atoms with E-state index in [4.69, 9.17) is 0 Å². The number of thiophene rings is 1. The van der Waals surface area contributed by atoms with E-state index in [-0.39, 0.29) is 17.9 Å². The highest BCUT2D eigenvalue weighted by Crippen LogP contribution is 2.22. The highest BCUT2D eigenvalue weighted by molar-refractivity contribution is 9.11. The van der Waals surface area contributed by atoms with E-state index in [1.165, 1.54) is 22.2 Å². The zero-order valence-electron chi connectivity index (χ0n) is 10.5. The number of nitrogens with zero attached hydrogens (tertiary/aromatic N) is 2. The van der Waals surface area contributed by atoms with Crippen molar-refractivity contribution in [3.8, 4) is 0 Å². The van der Waals surface area contributed by atoms with Crippen LogP contribution >= 0.6 is 43.2 Å². The van der Waals surface area contributed by atoms with E-state index < -0.39 is 0 Å². The Balaban J connectivity index is 1.99. The van der Waals surface area contributed by atoms with E-state index in [0.29, 0.717) is 15.8 Å². The quantitative estimate of drug-likeness (QED) is 0.596. The summed E-state index contributed by atoms with van der Waals surface area (Å²) < 4.78 is 3.03. The Morgan fingerprint density at radius 1 is 1.24 bits per heavy atom. The first kappa shape index (κ1) is 14.6. The van der Waals surface area contributed by atoms with Crippen molar-refractivity contribution in [1.29, 1.82) is 0 Å². The molecule has 2 heterocycles. The lowest BCUT2D eigenvalue weighted by atomic mass is 10.2. The first-order valence-corrected chi connectivity index (χ1v) is 8.38. The van der Waals surface area contributed by atoms with Crippen LogP contribution < -0.4 is 5.56 Å². The van der Waals surface area contributed by atoms with Gasteiger partial charge in [0.15, 0.2) is 5.78 Å². The predicted octanol–water partition coefficient (Wildman–Crippen LogP) is 3.87. The zero-order chi connectivity index (χ0) is 15.0. The summed E-state index contributed by atoms with van der Waals surface area (Å²) in [5, 5.41) is 0.493. The number of hydrogen-bond acceptors (Lipinski definition) is 4. The number of aromatic nitrogens is 2. The molecule has 0 atom stereocenters. The van der Waals surface area contributed by atoms with Gasteiger partial charge in [-0.1, -0.05) is 15.9 Å². The van der Waals surface area contributed by atoms with E-state index in [9.17, 15) is 9.59 Å². The smallest absolute Gasteiger partial charge is 0.261 e. The number of halogens is 2. The molecule has 4 nitrogen and oxygen atoms in total. The molecule has 1 aromatic carbocycles. The fourth-order valence-corrected chi connectivity index (χ4v) is 3.62. The van der Waals surface area contributed by atoms with Crippen LogP contribution in [0, 0.1) is 0 Å². The van der Waals surface area contributed by atoms with Crippen molar-refractivity contribution in [2.45, 2.75) is 6.54 Å². The topological polar surface area (TPSA) is 52.0 Å². The Morgan fingerprint density at radius 2 is 2.05 bits per heavy atom. The van der Waals surface area contributed by atoms with Crippen LogP contribution in [-0.4, -0.2) is 15.3 Å². The van der Waals surface area contributed by atoms with Gasteiger partial charge in [0.25, 0.3) is 5.56 Å². The van der Waals surface area contributed by atoms with Crippen molar-refractivity contribution in [2.24, 2.45) is 0 Å². The van der Waals surface area contributed by atoms with E-state index in [0.717, 1.165) is 8.26 Å². The lowest BCUT2D eigenvalue weighted by Gasteiger charge is -2.05. The minimum Gasteiger partial charge on any atom is -0.291 e. The van der Waals surface area contributed by atoms with Crippen LogP contribution in [0.15, 0.2) is 49.7 Å². The molecule has 0 N–H and O–H groups in total. The van der Waals surface area contributed by atoms with Gasteiger partial charge in [0.05, 0.1) is 32.4 Å². The van der Waals surface area contributed by atoms with Crippen LogP contribution in [0.2, 0.25) is 0 Å². The largest absolute Gasteiger partial charge is 0.291 e. The maximum absolute atomic E-state index is 12.4. The molecular formula is C14H8Br2N2O2S. The SMILES string of the molecule is O=C(Cn1cnc2ccc(Br)cc2c1=O)c1ccc(Br)s1. The molecule has 0 aliphatic rings. The molecule has 3 rings (SSSR count). The van der Waals surface area contributed by atoms with Crippen LogP contribution in [0.3, 0.4) is 0 Å². The maximum atomic E-state index is 12.4. The maximum Gasteiger partial charge on any atom is 0.261 e. The Kier molecular flexibility index (Phi) is 4.05. The minimum absolute atomic E-state index is 0.0127. The summed E-state index contributed by atoms with van der Waals surface area (Å²) in [5.74, 6) is -0.107. The number of hydrogen-bond donors (Lipinski definition) is 0. The molecular weight excluding hydrogens is 420 g/mol. The minimum atomic E-state index is -0.217. The monoisotopic (exact) mass is 426 g/mol. The molecule has 0 aliphatic heterocycles. The van der Waals surface area contributed by atoms with Gasteiger partial charge in [0, 0.05) is 4.47 Å². The zero-order valence-corrected chi connectivity index (χ0v) is 14.5. The second-order valence-corrected chi connectivity index (χ2v) is 7.74. The van der Waals surface area contributed by atoms with Crippen molar-refractivity contribution >= 4 is 59.9 Å². The number of carbonyl (C=O) groups is 1. The van der Waals surface area contributed by atoms with Gasteiger partial charge in [0.1, 0.15) is 0 Å². The standard InChI is InChI=1S/C14H8Br2N2O2S/c15-8-1-2-10-9(5-8)14(20)18(7-17-10)6-11(19)12-3-4-13(16)21-12/h1-5,7H,6H2. The number of Topliss-reactive ketones (excluding diaryl/α,β-unsaturated/α-hetero) is 1.